The zero-order valence-corrected chi connectivity index (χ0v) is 13.5. The van der Waals surface area contributed by atoms with Gasteiger partial charge in [0.05, 0.1) is 23.1 Å². The van der Waals surface area contributed by atoms with Gasteiger partial charge in [-0.05, 0) is 13.0 Å². The third kappa shape index (κ3) is 2.56. The number of hydrogen-bond acceptors (Lipinski definition) is 3. The Hall–Kier alpha value is -1.46. The van der Waals surface area contributed by atoms with E-state index in [1.807, 2.05) is 31.2 Å². The van der Waals surface area contributed by atoms with Crippen LogP contribution in [0.3, 0.4) is 0 Å². The smallest absolute Gasteiger partial charge is 0.124 e. The maximum Gasteiger partial charge on any atom is 0.124 e. The largest absolute Gasteiger partial charge is 0.325 e. The summed E-state index contributed by atoms with van der Waals surface area (Å²) in [5.74, 6) is 1.12. The van der Waals surface area contributed by atoms with Gasteiger partial charge in [0, 0.05) is 34.2 Å². The number of para-hydroxylation sites is 1. The first-order chi connectivity index (χ1) is 10.1. The monoisotopic (exact) mass is 321 g/mol. The van der Waals surface area contributed by atoms with Gasteiger partial charge in [-0.2, -0.15) is 0 Å². The van der Waals surface area contributed by atoms with Crippen LogP contribution < -0.4 is 0 Å². The SMILES string of the molecule is CC(Cn1c(CCl)nc2cnc3ccccc3c21)S(C)=O. The molecule has 2 heterocycles. The first-order valence-electron chi connectivity index (χ1n) is 6.73. The first kappa shape index (κ1) is 14.5. The number of benzene rings is 1. The number of halogens is 1. The number of pyridine rings is 1. The van der Waals surface area contributed by atoms with E-state index >= 15 is 0 Å². The average Bonchev–Trinajstić information content (AvgIpc) is 2.85. The number of rotatable bonds is 4. The van der Waals surface area contributed by atoms with Crippen LogP contribution >= 0.6 is 11.6 Å². The molecule has 2 aromatic heterocycles. The predicted octanol–water partition coefficient (Wildman–Crippen LogP) is 3.09. The molecule has 2 unspecified atom stereocenters. The minimum Gasteiger partial charge on any atom is -0.325 e. The highest BCUT2D eigenvalue weighted by atomic mass is 35.5. The van der Waals surface area contributed by atoms with Gasteiger partial charge in [0.15, 0.2) is 0 Å². The number of imidazole rings is 1. The van der Waals surface area contributed by atoms with Crippen molar-refractivity contribution in [2.45, 2.75) is 24.6 Å². The molecule has 6 heteroatoms. The van der Waals surface area contributed by atoms with Gasteiger partial charge in [0.25, 0.3) is 0 Å². The number of alkyl halides is 1. The van der Waals surface area contributed by atoms with Crippen LogP contribution in [0.1, 0.15) is 12.7 Å². The van der Waals surface area contributed by atoms with E-state index in [0.29, 0.717) is 12.4 Å². The highest BCUT2D eigenvalue weighted by Crippen LogP contribution is 2.25. The normalized spacial score (nSPS) is 14.6. The highest BCUT2D eigenvalue weighted by Gasteiger charge is 2.17. The Morgan fingerprint density at radius 1 is 1.33 bits per heavy atom. The van der Waals surface area contributed by atoms with Gasteiger partial charge in [0.1, 0.15) is 11.3 Å². The second-order valence-corrected chi connectivity index (χ2v) is 7.16. The molecule has 1 aromatic carbocycles. The summed E-state index contributed by atoms with van der Waals surface area (Å²) < 4.78 is 13.8. The number of hydrogen-bond donors (Lipinski definition) is 0. The van der Waals surface area contributed by atoms with E-state index in [1.54, 1.807) is 12.5 Å². The molecular weight excluding hydrogens is 306 g/mol. The van der Waals surface area contributed by atoms with Crippen LogP contribution in [0.2, 0.25) is 0 Å². The summed E-state index contributed by atoms with van der Waals surface area (Å²) in [6, 6.07) is 7.97. The van der Waals surface area contributed by atoms with Crippen LogP contribution in [0.5, 0.6) is 0 Å². The number of aromatic nitrogens is 3. The highest BCUT2D eigenvalue weighted by molar-refractivity contribution is 7.84. The van der Waals surface area contributed by atoms with Gasteiger partial charge in [-0.3, -0.25) is 9.19 Å². The molecule has 0 aliphatic heterocycles. The van der Waals surface area contributed by atoms with Crippen molar-refractivity contribution in [3.05, 3.63) is 36.3 Å². The summed E-state index contributed by atoms with van der Waals surface area (Å²) >= 11 is 6.04. The third-order valence-corrected chi connectivity index (χ3v) is 5.21. The van der Waals surface area contributed by atoms with E-state index < -0.39 is 10.8 Å². The topological polar surface area (TPSA) is 47.8 Å². The first-order valence-corrected chi connectivity index (χ1v) is 8.88. The molecule has 0 fully saturated rings. The molecular formula is C15H16ClN3OS. The van der Waals surface area contributed by atoms with E-state index in [0.717, 1.165) is 27.8 Å². The Bertz CT molecular complexity index is 830. The Morgan fingerprint density at radius 3 is 2.81 bits per heavy atom. The molecule has 21 heavy (non-hydrogen) atoms. The van der Waals surface area contributed by atoms with Crippen LogP contribution in [0, 0.1) is 0 Å². The predicted molar refractivity (Wildman–Crippen MR) is 88.1 cm³/mol. The molecule has 0 saturated heterocycles. The zero-order valence-electron chi connectivity index (χ0n) is 11.9. The third-order valence-electron chi connectivity index (χ3n) is 3.68. The summed E-state index contributed by atoms with van der Waals surface area (Å²) in [7, 11) is -0.889. The molecule has 0 aliphatic carbocycles. The Balaban J connectivity index is 2.28. The van der Waals surface area contributed by atoms with Crippen molar-refractivity contribution < 1.29 is 4.21 Å². The molecule has 2 atom stereocenters. The summed E-state index contributed by atoms with van der Waals surface area (Å²) in [6.07, 6.45) is 3.50. The van der Waals surface area contributed by atoms with E-state index in [9.17, 15) is 4.21 Å². The molecule has 0 spiro atoms. The standard InChI is InChI=1S/C15H16ClN3OS/c1-10(21(2)20)9-19-14(7-16)18-13-8-17-12-6-4-3-5-11(12)15(13)19/h3-6,8,10H,7,9H2,1-2H3. The fourth-order valence-corrected chi connectivity index (χ4v) is 3.03. The van der Waals surface area contributed by atoms with Gasteiger partial charge < -0.3 is 4.57 Å². The number of fused-ring (bicyclic) bond motifs is 3. The van der Waals surface area contributed by atoms with Gasteiger partial charge in [0.2, 0.25) is 0 Å². The minimum atomic E-state index is -0.889. The maximum absolute atomic E-state index is 11.7. The van der Waals surface area contributed by atoms with Crippen molar-refractivity contribution in [1.82, 2.24) is 14.5 Å². The summed E-state index contributed by atoms with van der Waals surface area (Å²) in [5.41, 5.74) is 2.78. The molecule has 3 rings (SSSR count). The van der Waals surface area contributed by atoms with Crippen LogP contribution in [-0.2, 0) is 23.2 Å². The van der Waals surface area contributed by atoms with Crippen LogP contribution in [0.4, 0.5) is 0 Å². The molecule has 0 aliphatic rings. The molecule has 0 saturated carbocycles. The lowest BCUT2D eigenvalue weighted by Gasteiger charge is -2.13. The summed E-state index contributed by atoms with van der Waals surface area (Å²) in [6.45, 7) is 2.61. The van der Waals surface area contributed by atoms with Gasteiger partial charge >= 0.3 is 0 Å². The quantitative estimate of drug-likeness (QED) is 0.694. The van der Waals surface area contributed by atoms with Crippen molar-refractivity contribution in [3.8, 4) is 0 Å². The fourth-order valence-electron chi connectivity index (χ4n) is 2.47. The lowest BCUT2D eigenvalue weighted by molar-refractivity contribution is 0.641. The molecule has 0 N–H and O–H groups in total. The number of nitrogens with zero attached hydrogens (tertiary/aromatic N) is 3. The molecule has 4 nitrogen and oxygen atoms in total. The summed E-state index contributed by atoms with van der Waals surface area (Å²) in [4.78, 5) is 9.00. The molecule has 0 amide bonds. The molecule has 3 aromatic rings. The van der Waals surface area contributed by atoms with Crippen LogP contribution in [0.15, 0.2) is 30.5 Å². The van der Waals surface area contributed by atoms with Crippen molar-refractivity contribution in [2.24, 2.45) is 0 Å². The van der Waals surface area contributed by atoms with Crippen LogP contribution in [0.25, 0.3) is 21.9 Å². The second kappa shape index (κ2) is 5.73. The lowest BCUT2D eigenvalue weighted by Crippen LogP contribution is -2.18. The van der Waals surface area contributed by atoms with E-state index in [1.165, 1.54) is 0 Å². The van der Waals surface area contributed by atoms with E-state index in [4.69, 9.17) is 11.6 Å². The Morgan fingerprint density at radius 2 is 2.10 bits per heavy atom. The van der Waals surface area contributed by atoms with Crippen molar-refractivity contribution in [3.63, 3.8) is 0 Å². The van der Waals surface area contributed by atoms with Crippen molar-refractivity contribution in [2.75, 3.05) is 6.26 Å². The lowest BCUT2D eigenvalue weighted by atomic mass is 10.2. The van der Waals surface area contributed by atoms with Crippen molar-refractivity contribution in [1.29, 1.82) is 0 Å². The van der Waals surface area contributed by atoms with Gasteiger partial charge in [-0.1, -0.05) is 18.2 Å². The van der Waals surface area contributed by atoms with Gasteiger partial charge in [-0.25, -0.2) is 4.98 Å². The Kier molecular flexibility index (Phi) is 3.95. The average molecular weight is 322 g/mol. The van der Waals surface area contributed by atoms with Crippen LogP contribution in [-0.4, -0.2) is 30.2 Å². The Labute approximate surface area is 130 Å². The summed E-state index contributed by atoms with van der Waals surface area (Å²) in [5, 5.41) is 1.09. The van der Waals surface area contributed by atoms with Gasteiger partial charge in [-0.15, -0.1) is 11.6 Å². The minimum absolute atomic E-state index is 0.0382. The van der Waals surface area contributed by atoms with Crippen molar-refractivity contribution >= 4 is 44.3 Å². The van der Waals surface area contributed by atoms with E-state index in [2.05, 4.69) is 14.5 Å². The zero-order chi connectivity index (χ0) is 15.0. The fraction of sp³-hybridized carbons (Fsp3) is 0.333. The van der Waals surface area contributed by atoms with E-state index in [-0.39, 0.29) is 5.25 Å². The maximum atomic E-state index is 11.7. The second-order valence-electron chi connectivity index (χ2n) is 5.09. The molecule has 0 bridgehead atoms. The molecule has 110 valence electrons. The molecule has 0 radical (unpaired) electrons.